The molecule has 15 heavy (non-hydrogen) atoms. The number of aromatic hydroxyl groups is 1. The van der Waals surface area contributed by atoms with Gasteiger partial charge in [0.05, 0.1) is 6.04 Å². The number of phenolic OH excluding ortho intramolecular Hbond substituents is 1. The van der Waals surface area contributed by atoms with E-state index in [0.717, 1.165) is 5.56 Å². The Kier molecular flexibility index (Phi) is 3.35. The molecule has 0 aliphatic carbocycles. The molecule has 1 aromatic rings. The van der Waals surface area contributed by atoms with Crippen LogP contribution >= 0.6 is 0 Å². The summed E-state index contributed by atoms with van der Waals surface area (Å²) in [5.41, 5.74) is 1.24. The number of rotatable bonds is 2. The van der Waals surface area contributed by atoms with E-state index < -0.39 is 0 Å². The molecule has 2 N–H and O–H groups in total. The third-order valence-electron chi connectivity index (χ3n) is 2.05. The normalized spacial score (nSPS) is 11.5. The van der Waals surface area contributed by atoms with Crippen molar-refractivity contribution >= 4 is 5.91 Å². The molecule has 1 aromatic carbocycles. The van der Waals surface area contributed by atoms with Crippen LogP contribution in [0.2, 0.25) is 0 Å². The fourth-order valence-corrected chi connectivity index (χ4v) is 1.22. The van der Waals surface area contributed by atoms with Gasteiger partial charge in [-0.3, -0.25) is 4.79 Å². The second kappa shape index (κ2) is 4.52. The van der Waals surface area contributed by atoms with Crippen LogP contribution in [0.5, 0.6) is 5.75 Å². The zero-order chi connectivity index (χ0) is 11.4. The van der Waals surface area contributed by atoms with Gasteiger partial charge in [0, 0.05) is 5.56 Å². The molecule has 1 amide bonds. The third kappa shape index (κ3) is 2.75. The monoisotopic (exact) mass is 203 g/mol. The Morgan fingerprint density at radius 1 is 1.60 bits per heavy atom. The van der Waals surface area contributed by atoms with Crippen molar-refractivity contribution in [3.63, 3.8) is 0 Å². The van der Waals surface area contributed by atoms with E-state index >= 15 is 0 Å². The van der Waals surface area contributed by atoms with Crippen molar-refractivity contribution < 1.29 is 9.90 Å². The highest BCUT2D eigenvalue weighted by Crippen LogP contribution is 2.15. The van der Waals surface area contributed by atoms with Crippen LogP contribution in [0.3, 0.4) is 0 Å². The van der Waals surface area contributed by atoms with Gasteiger partial charge in [-0.05, 0) is 37.6 Å². The summed E-state index contributed by atoms with van der Waals surface area (Å²) in [6.07, 6.45) is 5.16. The number of hydrogen-bond acceptors (Lipinski definition) is 2. The molecule has 0 heterocycles. The van der Waals surface area contributed by atoms with Gasteiger partial charge in [0.1, 0.15) is 5.75 Å². The average Bonchev–Trinajstić information content (AvgIpc) is 2.17. The molecule has 0 radical (unpaired) electrons. The fourth-order valence-electron chi connectivity index (χ4n) is 1.22. The van der Waals surface area contributed by atoms with Gasteiger partial charge in [0.25, 0.3) is 5.91 Å². The zero-order valence-corrected chi connectivity index (χ0v) is 8.74. The van der Waals surface area contributed by atoms with Crippen LogP contribution in [0.25, 0.3) is 0 Å². The third-order valence-corrected chi connectivity index (χ3v) is 2.05. The quantitative estimate of drug-likeness (QED) is 0.715. The highest BCUT2D eigenvalue weighted by Gasteiger charge is 2.10. The van der Waals surface area contributed by atoms with Gasteiger partial charge in [0.15, 0.2) is 0 Å². The predicted molar refractivity (Wildman–Crippen MR) is 58.6 cm³/mol. The van der Waals surface area contributed by atoms with E-state index in [1.54, 1.807) is 19.9 Å². The smallest absolute Gasteiger partial charge is 0.252 e. The molecule has 3 heteroatoms. The molecule has 1 rings (SSSR count). The van der Waals surface area contributed by atoms with Gasteiger partial charge in [0.2, 0.25) is 0 Å². The predicted octanol–water partition coefficient (Wildman–Crippen LogP) is 1.45. The molecule has 0 saturated heterocycles. The van der Waals surface area contributed by atoms with Crippen LogP contribution in [0.15, 0.2) is 18.2 Å². The van der Waals surface area contributed by atoms with Crippen molar-refractivity contribution in [1.82, 2.24) is 5.32 Å². The first-order chi connectivity index (χ1) is 7.04. The van der Waals surface area contributed by atoms with Gasteiger partial charge in [-0.25, -0.2) is 0 Å². The first-order valence-electron chi connectivity index (χ1n) is 4.61. The maximum Gasteiger partial charge on any atom is 0.252 e. The summed E-state index contributed by atoms with van der Waals surface area (Å²) in [4.78, 5) is 11.7. The molecule has 0 aliphatic rings. The first-order valence-corrected chi connectivity index (χ1v) is 4.61. The maximum atomic E-state index is 11.7. The second-order valence-corrected chi connectivity index (χ2v) is 3.36. The Morgan fingerprint density at radius 3 is 2.80 bits per heavy atom. The Morgan fingerprint density at radius 2 is 2.27 bits per heavy atom. The lowest BCUT2D eigenvalue weighted by Crippen LogP contribution is -2.31. The van der Waals surface area contributed by atoms with Crippen molar-refractivity contribution in [2.45, 2.75) is 19.9 Å². The van der Waals surface area contributed by atoms with E-state index in [0.29, 0.717) is 5.56 Å². The lowest BCUT2D eigenvalue weighted by molar-refractivity contribution is 0.0947. The van der Waals surface area contributed by atoms with Crippen molar-refractivity contribution in [3.05, 3.63) is 29.3 Å². The topological polar surface area (TPSA) is 49.3 Å². The number of phenols is 1. The van der Waals surface area contributed by atoms with Crippen LogP contribution < -0.4 is 5.32 Å². The molecule has 3 nitrogen and oxygen atoms in total. The van der Waals surface area contributed by atoms with Crippen molar-refractivity contribution in [2.75, 3.05) is 0 Å². The molecular weight excluding hydrogens is 190 g/mol. The minimum Gasteiger partial charge on any atom is -0.508 e. The lowest BCUT2D eigenvalue weighted by atomic mass is 10.1. The van der Waals surface area contributed by atoms with Crippen molar-refractivity contribution in [2.24, 2.45) is 0 Å². The van der Waals surface area contributed by atoms with Gasteiger partial charge in [-0.2, -0.15) is 0 Å². The summed E-state index contributed by atoms with van der Waals surface area (Å²) in [6, 6.07) is 4.28. The van der Waals surface area contributed by atoms with Crippen molar-refractivity contribution in [1.29, 1.82) is 0 Å². The molecule has 1 atom stereocenters. The minimum atomic E-state index is -0.300. The highest BCUT2D eigenvalue weighted by atomic mass is 16.3. The van der Waals surface area contributed by atoms with Gasteiger partial charge < -0.3 is 10.4 Å². The molecule has 78 valence electrons. The first kappa shape index (κ1) is 11.1. The molecule has 0 saturated carbocycles. The SMILES string of the molecule is C#CC(C)NC(=O)c1ccc(O)cc1C. The number of carbonyl (C=O) groups excluding carboxylic acids is 1. The Balaban J connectivity index is 2.88. The highest BCUT2D eigenvalue weighted by molar-refractivity contribution is 5.96. The summed E-state index contributed by atoms with van der Waals surface area (Å²) < 4.78 is 0. The molecule has 0 aromatic heterocycles. The van der Waals surface area contributed by atoms with E-state index in [4.69, 9.17) is 6.42 Å². The summed E-state index contributed by atoms with van der Waals surface area (Å²) >= 11 is 0. The standard InChI is InChI=1S/C12H13NO2/c1-4-9(3)13-12(15)11-6-5-10(14)7-8(11)2/h1,5-7,9,14H,2-3H3,(H,13,15). The number of terminal acetylenes is 1. The molecule has 0 fully saturated rings. The van der Waals surface area contributed by atoms with E-state index in [2.05, 4.69) is 11.2 Å². The Bertz CT molecular complexity index is 418. The minimum absolute atomic E-state index is 0.147. The van der Waals surface area contributed by atoms with Crippen LogP contribution in [0, 0.1) is 19.3 Å². The number of amides is 1. The van der Waals surface area contributed by atoms with E-state index in [1.165, 1.54) is 12.1 Å². The van der Waals surface area contributed by atoms with E-state index in [-0.39, 0.29) is 17.7 Å². The maximum absolute atomic E-state index is 11.7. The van der Waals surface area contributed by atoms with Crippen LogP contribution in [0.4, 0.5) is 0 Å². The Hall–Kier alpha value is -1.95. The number of nitrogens with one attached hydrogen (secondary N) is 1. The van der Waals surface area contributed by atoms with E-state index in [1.807, 2.05) is 0 Å². The molecular formula is C12H13NO2. The summed E-state index contributed by atoms with van der Waals surface area (Å²) in [5, 5.41) is 11.8. The number of carbonyl (C=O) groups is 1. The number of hydrogen-bond donors (Lipinski definition) is 2. The number of benzene rings is 1. The second-order valence-electron chi connectivity index (χ2n) is 3.36. The number of aryl methyl sites for hydroxylation is 1. The molecule has 1 unspecified atom stereocenters. The average molecular weight is 203 g/mol. The lowest BCUT2D eigenvalue weighted by Gasteiger charge is -2.09. The van der Waals surface area contributed by atoms with Crippen LogP contribution in [-0.2, 0) is 0 Å². The van der Waals surface area contributed by atoms with Gasteiger partial charge in [-0.1, -0.05) is 5.92 Å². The van der Waals surface area contributed by atoms with E-state index in [9.17, 15) is 9.90 Å². The summed E-state index contributed by atoms with van der Waals surface area (Å²) in [7, 11) is 0. The summed E-state index contributed by atoms with van der Waals surface area (Å²) in [6.45, 7) is 3.49. The Labute approximate surface area is 89.1 Å². The van der Waals surface area contributed by atoms with Gasteiger partial charge >= 0.3 is 0 Å². The largest absolute Gasteiger partial charge is 0.508 e. The zero-order valence-electron chi connectivity index (χ0n) is 8.74. The van der Waals surface area contributed by atoms with Crippen molar-refractivity contribution in [3.8, 4) is 18.1 Å². The van der Waals surface area contributed by atoms with Crippen LogP contribution in [-0.4, -0.2) is 17.1 Å². The van der Waals surface area contributed by atoms with Crippen LogP contribution in [0.1, 0.15) is 22.8 Å². The van der Waals surface area contributed by atoms with Gasteiger partial charge in [-0.15, -0.1) is 6.42 Å². The summed E-state index contributed by atoms with van der Waals surface area (Å²) in [5.74, 6) is 2.34. The molecule has 0 spiro atoms. The fraction of sp³-hybridized carbons (Fsp3) is 0.250. The molecule has 0 bridgehead atoms. The molecule has 0 aliphatic heterocycles.